The Hall–Kier alpha value is -1.48. The molecule has 25 heavy (non-hydrogen) atoms. The number of halogens is 1. The molecule has 1 heterocycles. The predicted molar refractivity (Wildman–Crippen MR) is 99.3 cm³/mol. The average molecular weight is 389 g/mol. The molecule has 0 amide bonds. The normalized spacial score (nSPS) is 12.8. The number of hydrogen-bond acceptors (Lipinski definition) is 6. The summed E-state index contributed by atoms with van der Waals surface area (Å²) in [5, 5.41) is 7.06. The second-order valence-electron chi connectivity index (χ2n) is 5.53. The summed E-state index contributed by atoms with van der Waals surface area (Å²) in [5.74, 6) is 0.911. The van der Waals surface area contributed by atoms with E-state index < -0.39 is 10.0 Å². The number of likely N-dealkylation sites (N-methyl/N-ethyl adjacent to an activating group) is 1. The Morgan fingerprint density at radius 2 is 1.96 bits per heavy atom. The SMILES string of the molecule is CCN(CC)S(=O)(=O)c1cccc(-c2nc(CC(C)NC)no2)c1.Cl. The lowest BCUT2D eigenvalue weighted by Crippen LogP contribution is -2.30. The van der Waals surface area contributed by atoms with Crippen LogP contribution in [0.4, 0.5) is 0 Å². The molecule has 2 rings (SSSR count). The van der Waals surface area contributed by atoms with Gasteiger partial charge in [0.2, 0.25) is 10.0 Å². The average Bonchev–Trinajstić information content (AvgIpc) is 3.04. The fourth-order valence-electron chi connectivity index (χ4n) is 2.33. The zero-order chi connectivity index (χ0) is 17.7. The van der Waals surface area contributed by atoms with Crippen molar-refractivity contribution in [3.8, 4) is 11.5 Å². The van der Waals surface area contributed by atoms with Crippen LogP contribution < -0.4 is 5.32 Å². The fourth-order valence-corrected chi connectivity index (χ4v) is 3.84. The van der Waals surface area contributed by atoms with E-state index in [-0.39, 0.29) is 23.3 Å². The molecule has 140 valence electrons. The molecular weight excluding hydrogens is 364 g/mol. The lowest BCUT2D eigenvalue weighted by molar-refractivity contribution is 0.418. The predicted octanol–water partition coefficient (Wildman–Crippen LogP) is 2.34. The molecule has 7 nitrogen and oxygen atoms in total. The lowest BCUT2D eigenvalue weighted by atomic mass is 10.2. The standard InChI is InChI=1S/C16H24N4O3S.ClH/c1-5-20(6-2)24(21,22)14-9-7-8-13(11-14)16-18-15(19-23-16)10-12(3)17-4;/h7-9,11-12,17H,5-6,10H2,1-4H3;1H. The van der Waals surface area contributed by atoms with Crippen molar-refractivity contribution in [1.82, 2.24) is 19.8 Å². The third-order valence-electron chi connectivity index (χ3n) is 3.87. The number of hydrogen-bond donors (Lipinski definition) is 1. The molecule has 1 N–H and O–H groups in total. The van der Waals surface area contributed by atoms with Crippen LogP contribution in [0.1, 0.15) is 26.6 Å². The zero-order valence-electron chi connectivity index (χ0n) is 14.9. The minimum absolute atomic E-state index is 0. The van der Waals surface area contributed by atoms with Crippen LogP contribution >= 0.6 is 12.4 Å². The van der Waals surface area contributed by atoms with E-state index in [1.807, 2.05) is 27.8 Å². The molecular formula is C16H25ClN4O3S. The highest BCUT2D eigenvalue weighted by molar-refractivity contribution is 7.89. The molecule has 0 saturated heterocycles. The molecule has 1 unspecified atom stereocenters. The van der Waals surface area contributed by atoms with Gasteiger partial charge in [0.25, 0.3) is 5.89 Å². The Morgan fingerprint density at radius 3 is 2.56 bits per heavy atom. The molecule has 9 heteroatoms. The van der Waals surface area contributed by atoms with Gasteiger partial charge in [-0.05, 0) is 32.2 Å². The number of aromatic nitrogens is 2. The van der Waals surface area contributed by atoms with E-state index in [2.05, 4.69) is 15.5 Å². The summed E-state index contributed by atoms with van der Waals surface area (Å²) < 4.78 is 31.9. The van der Waals surface area contributed by atoms with Crippen LogP contribution in [0.15, 0.2) is 33.7 Å². The van der Waals surface area contributed by atoms with Crippen molar-refractivity contribution < 1.29 is 12.9 Å². The van der Waals surface area contributed by atoms with Gasteiger partial charge in [0.1, 0.15) is 0 Å². The van der Waals surface area contributed by atoms with Gasteiger partial charge in [-0.25, -0.2) is 8.42 Å². The monoisotopic (exact) mass is 388 g/mol. The van der Waals surface area contributed by atoms with Crippen molar-refractivity contribution in [1.29, 1.82) is 0 Å². The molecule has 0 aliphatic rings. The van der Waals surface area contributed by atoms with Crippen LogP contribution in [0.3, 0.4) is 0 Å². The van der Waals surface area contributed by atoms with Crippen LogP contribution in [0, 0.1) is 0 Å². The minimum Gasteiger partial charge on any atom is -0.334 e. The summed E-state index contributed by atoms with van der Waals surface area (Å²) in [5.41, 5.74) is 0.596. The van der Waals surface area contributed by atoms with Gasteiger partial charge in [-0.2, -0.15) is 9.29 Å². The van der Waals surface area contributed by atoms with E-state index in [0.717, 1.165) is 0 Å². The molecule has 0 aliphatic carbocycles. The van der Waals surface area contributed by atoms with Gasteiger partial charge < -0.3 is 9.84 Å². The van der Waals surface area contributed by atoms with Gasteiger partial charge in [0.15, 0.2) is 5.82 Å². The lowest BCUT2D eigenvalue weighted by Gasteiger charge is -2.18. The number of benzene rings is 1. The second kappa shape index (κ2) is 9.28. The number of nitrogens with zero attached hydrogens (tertiary/aromatic N) is 3. The molecule has 0 radical (unpaired) electrons. The zero-order valence-corrected chi connectivity index (χ0v) is 16.5. The quantitative estimate of drug-likeness (QED) is 0.746. The van der Waals surface area contributed by atoms with E-state index in [1.165, 1.54) is 4.31 Å². The molecule has 1 aromatic carbocycles. The summed E-state index contributed by atoms with van der Waals surface area (Å²) in [4.78, 5) is 4.58. The van der Waals surface area contributed by atoms with Crippen LogP contribution in [-0.2, 0) is 16.4 Å². The molecule has 2 aromatic rings. The van der Waals surface area contributed by atoms with Crippen LogP contribution in [0.2, 0.25) is 0 Å². The summed E-state index contributed by atoms with van der Waals surface area (Å²) in [6, 6.07) is 6.83. The van der Waals surface area contributed by atoms with Crippen molar-refractivity contribution >= 4 is 22.4 Å². The van der Waals surface area contributed by atoms with Crippen LogP contribution in [-0.4, -0.2) is 49.0 Å². The Kier molecular flexibility index (Phi) is 8.01. The van der Waals surface area contributed by atoms with Gasteiger partial charge in [-0.1, -0.05) is 25.1 Å². The summed E-state index contributed by atoms with van der Waals surface area (Å²) in [7, 11) is -1.65. The molecule has 0 bridgehead atoms. The van der Waals surface area contributed by atoms with Gasteiger partial charge in [-0.15, -0.1) is 12.4 Å². The highest BCUT2D eigenvalue weighted by atomic mass is 35.5. The van der Waals surface area contributed by atoms with E-state index in [1.54, 1.807) is 24.3 Å². The second-order valence-corrected chi connectivity index (χ2v) is 7.46. The van der Waals surface area contributed by atoms with Crippen molar-refractivity contribution in [3.63, 3.8) is 0 Å². The Balaban J connectivity index is 0.00000312. The topological polar surface area (TPSA) is 88.3 Å². The van der Waals surface area contributed by atoms with Crippen molar-refractivity contribution in [2.24, 2.45) is 0 Å². The van der Waals surface area contributed by atoms with E-state index in [9.17, 15) is 8.42 Å². The highest BCUT2D eigenvalue weighted by Gasteiger charge is 2.22. The van der Waals surface area contributed by atoms with Gasteiger partial charge >= 0.3 is 0 Å². The van der Waals surface area contributed by atoms with Crippen LogP contribution in [0.25, 0.3) is 11.5 Å². The molecule has 1 aromatic heterocycles. The first-order valence-corrected chi connectivity index (χ1v) is 9.46. The van der Waals surface area contributed by atoms with Crippen molar-refractivity contribution in [2.75, 3.05) is 20.1 Å². The number of rotatable bonds is 8. The number of nitrogens with one attached hydrogen (secondary N) is 1. The first-order valence-electron chi connectivity index (χ1n) is 8.02. The minimum atomic E-state index is -3.51. The van der Waals surface area contributed by atoms with Crippen LogP contribution in [0.5, 0.6) is 0 Å². The summed E-state index contributed by atoms with van der Waals surface area (Å²) >= 11 is 0. The third kappa shape index (κ3) is 5.01. The molecule has 0 fully saturated rings. The fraction of sp³-hybridized carbons (Fsp3) is 0.500. The Bertz CT molecular complexity index is 775. The Morgan fingerprint density at radius 1 is 1.28 bits per heavy atom. The maximum atomic E-state index is 12.6. The first kappa shape index (κ1) is 21.6. The maximum Gasteiger partial charge on any atom is 0.257 e. The van der Waals surface area contributed by atoms with Gasteiger partial charge in [0.05, 0.1) is 4.90 Å². The van der Waals surface area contributed by atoms with E-state index in [0.29, 0.717) is 36.8 Å². The number of sulfonamides is 1. The Labute approximate surface area is 155 Å². The molecule has 0 aliphatic heterocycles. The van der Waals surface area contributed by atoms with Crippen molar-refractivity contribution in [2.45, 2.75) is 38.1 Å². The first-order chi connectivity index (χ1) is 11.4. The molecule has 0 saturated carbocycles. The summed E-state index contributed by atoms with van der Waals surface area (Å²) in [6.45, 7) is 6.51. The highest BCUT2D eigenvalue weighted by Crippen LogP contribution is 2.23. The molecule has 1 atom stereocenters. The molecule has 0 spiro atoms. The van der Waals surface area contributed by atoms with E-state index in [4.69, 9.17) is 4.52 Å². The van der Waals surface area contributed by atoms with Gasteiger partial charge in [0, 0.05) is 31.1 Å². The van der Waals surface area contributed by atoms with E-state index >= 15 is 0 Å². The van der Waals surface area contributed by atoms with Gasteiger partial charge in [-0.3, -0.25) is 0 Å². The third-order valence-corrected chi connectivity index (χ3v) is 5.92. The van der Waals surface area contributed by atoms with Crippen molar-refractivity contribution in [3.05, 3.63) is 30.1 Å². The maximum absolute atomic E-state index is 12.6. The largest absolute Gasteiger partial charge is 0.334 e. The summed E-state index contributed by atoms with van der Waals surface area (Å²) in [6.07, 6.45) is 0.636. The smallest absolute Gasteiger partial charge is 0.257 e.